The third-order valence-electron chi connectivity index (χ3n) is 6.74. The number of hydrogen-bond acceptors (Lipinski definition) is 6. The minimum absolute atomic E-state index is 0.0740. The summed E-state index contributed by atoms with van der Waals surface area (Å²) in [6.07, 6.45) is 7.86. The average molecular weight is 438 g/mol. The molecule has 4 aromatic rings. The molecule has 4 aromatic heterocycles. The van der Waals surface area contributed by atoms with E-state index in [-0.39, 0.29) is 5.56 Å². The molecule has 0 saturated carbocycles. The molecule has 2 bridgehead atoms. The van der Waals surface area contributed by atoms with E-state index in [0.29, 0.717) is 23.3 Å². The van der Waals surface area contributed by atoms with Crippen molar-refractivity contribution in [2.75, 3.05) is 18.0 Å². The third kappa shape index (κ3) is 3.38. The van der Waals surface area contributed by atoms with Gasteiger partial charge in [-0.3, -0.25) is 4.79 Å². The fourth-order valence-electron chi connectivity index (χ4n) is 4.96. The number of rotatable bonds is 3. The van der Waals surface area contributed by atoms with Gasteiger partial charge in [-0.2, -0.15) is 10.4 Å². The van der Waals surface area contributed by atoms with Crippen LogP contribution < -0.4 is 15.8 Å². The summed E-state index contributed by atoms with van der Waals surface area (Å²) in [5, 5.41) is 18.2. The van der Waals surface area contributed by atoms with Gasteiger partial charge in [0.05, 0.1) is 5.52 Å². The first-order chi connectivity index (χ1) is 16.1. The number of pyridine rings is 3. The highest BCUT2D eigenvalue weighted by molar-refractivity contribution is 5.78. The monoisotopic (exact) mass is 437 g/mol. The largest absolute Gasteiger partial charge is 0.353 e. The van der Waals surface area contributed by atoms with E-state index in [1.54, 1.807) is 23.8 Å². The van der Waals surface area contributed by atoms with Gasteiger partial charge >= 0.3 is 0 Å². The van der Waals surface area contributed by atoms with Gasteiger partial charge in [0.1, 0.15) is 23.1 Å². The van der Waals surface area contributed by atoms with E-state index < -0.39 is 0 Å². The first-order valence-corrected chi connectivity index (χ1v) is 11.2. The summed E-state index contributed by atoms with van der Waals surface area (Å²) in [5.74, 6) is 0.965. The lowest BCUT2D eigenvalue weighted by Crippen LogP contribution is -2.51. The molecule has 2 atom stereocenters. The molecule has 2 saturated heterocycles. The number of nitrogens with one attached hydrogen (secondary N) is 1. The summed E-state index contributed by atoms with van der Waals surface area (Å²) in [6, 6.07) is 14.7. The highest BCUT2D eigenvalue weighted by Crippen LogP contribution is 2.29. The molecule has 6 heterocycles. The quantitative estimate of drug-likeness (QED) is 0.530. The number of piperazine rings is 1. The number of nitriles is 1. The van der Waals surface area contributed by atoms with Gasteiger partial charge in [-0.25, -0.2) is 9.50 Å². The predicted octanol–water partition coefficient (Wildman–Crippen LogP) is 2.57. The molecule has 0 radical (unpaired) electrons. The Morgan fingerprint density at radius 1 is 1.06 bits per heavy atom. The summed E-state index contributed by atoms with van der Waals surface area (Å²) < 4.78 is 3.24. The first-order valence-electron chi connectivity index (χ1n) is 11.2. The zero-order valence-electron chi connectivity index (χ0n) is 18.3. The van der Waals surface area contributed by atoms with Gasteiger partial charge in [0.15, 0.2) is 0 Å². The van der Waals surface area contributed by atoms with Crippen molar-refractivity contribution in [3.8, 4) is 28.5 Å². The number of fused-ring (bicyclic) bond motifs is 3. The molecular formula is C25H23N7O. The van der Waals surface area contributed by atoms with Crippen molar-refractivity contribution < 1.29 is 0 Å². The zero-order valence-corrected chi connectivity index (χ0v) is 18.3. The molecule has 6 rings (SSSR count). The Hall–Kier alpha value is -3.96. The van der Waals surface area contributed by atoms with Crippen molar-refractivity contribution in [1.82, 2.24) is 24.5 Å². The molecule has 0 amide bonds. The number of hydrogen-bond donors (Lipinski definition) is 1. The summed E-state index contributed by atoms with van der Waals surface area (Å²) in [6.45, 7) is 1.96. The molecular weight excluding hydrogens is 414 g/mol. The zero-order chi connectivity index (χ0) is 22.5. The molecule has 2 aliphatic heterocycles. The van der Waals surface area contributed by atoms with Crippen LogP contribution in [0.2, 0.25) is 0 Å². The van der Waals surface area contributed by atoms with Crippen molar-refractivity contribution in [1.29, 1.82) is 5.26 Å². The normalized spacial score (nSPS) is 19.7. The Morgan fingerprint density at radius 3 is 2.55 bits per heavy atom. The Kier molecular flexibility index (Phi) is 4.52. The van der Waals surface area contributed by atoms with Crippen LogP contribution in [0.25, 0.3) is 27.9 Å². The van der Waals surface area contributed by atoms with Gasteiger partial charge in [-0.1, -0.05) is 6.07 Å². The molecule has 2 fully saturated rings. The number of aryl methyl sites for hydroxylation is 1. The van der Waals surface area contributed by atoms with Crippen molar-refractivity contribution in [2.45, 2.75) is 24.9 Å². The van der Waals surface area contributed by atoms with E-state index in [1.165, 1.54) is 17.4 Å². The fraction of sp³-hybridized carbons (Fsp3) is 0.280. The summed E-state index contributed by atoms with van der Waals surface area (Å²) in [5.41, 5.74) is 4.26. The van der Waals surface area contributed by atoms with E-state index in [0.717, 1.165) is 41.1 Å². The topological polar surface area (TPSA) is 91.2 Å². The van der Waals surface area contributed by atoms with Crippen LogP contribution in [-0.4, -0.2) is 44.3 Å². The molecule has 2 aliphatic rings. The van der Waals surface area contributed by atoms with Crippen molar-refractivity contribution in [3.05, 3.63) is 70.9 Å². The van der Waals surface area contributed by atoms with Crippen LogP contribution in [0.3, 0.4) is 0 Å². The van der Waals surface area contributed by atoms with Gasteiger partial charge in [0.2, 0.25) is 0 Å². The Balaban J connectivity index is 1.35. The van der Waals surface area contributed by atoms with Crippen LogP contribution in [0.5, 0.6) is 0 Å². The molecule has 0 spiro atoms. The Labute approximate surface area is 190 Å². The minimum Gasteiger partial charge on any atom is -0.353 e. The maximum atomic E-state index is 12.0. The maximum absolute atomic E-state index is 12.0. The molecule has 1 N–H and O–H groups in total. The molecule has 0 aliphatic carbocycles. The fourth-order valence-corrected chi connectivity index (χ4v) is 4.96. The number of aromatic nitrogens is 4. The minimum atomic E-state index is -0.0740. The summed E-state index contributed by atoms with van der Waals surface area (Å²) in [7, 11) is 1.72. The van der Waals surface area contributed by atoms with Crippen LogP contribution >= 0.6 is 0 Å². The van der Waals surface area contributed by atoms with Crippen molar-refractivity contribution in [3.63, 3.8) is 0 Å². The van der Waals surface area contributed by atoms with E-state index in [2.05, 4.69) is 16.3 Å². The van der Waals surface area contributed by atoms with Gasteiger partial charge in [0.25, 0.3) is 5.56 Å². The number of nitrogens with zero attached hydrogens (tertiary/aromatic N) is 6. The highest BCUT2D eigenvalue weighted by atomic mass is 16.1. The standard InChI is InChI=1S/C25H23N7O/c1-30-9-8-16(10-24(30)33)18-2-6-22-21(11-26)25(29-32(22)13-18)17-3-7-23(27-12-17)31-14-19-4-5-20(15-31)28-19/h2-3,6-10,12-13,19-20,28H,4-5,14-15H2,1H3. The SMILES string of the molecule is Cn1ccc(-c2ccc3c(C#N)c(-c4ccc(N5CC6CCC(C5)N6)nc4)nn3c2)cc1=O. The van der Waals surface area contributed by atoms with Crippen LogP contribution in [0.1, 0.15) is 18.4 Å². The second-order valence-electron chi connectivity index (χ2n) is 8.90. The lowest BCUT2D eigenvalue weighted by atomic mass is 10.1. The maximum Gasteiger partial charge on any atom is 0.250 e. The van der Waals surface area contributed by atoms with E-state index in [4.69, 9.17) is 10.1 Å². The molecule has 2 unspecified atom stereocenters. The van der Waals surface area contributed by atoms with Crippen LogP contribution in [0.15, 0.2) is 59.8 Å². The van der Waals surface area contributed by atoms with E-state index in [9.17, 15) is 10.1 Å². The van der Waals surface area contributed by atoms with Gasteiger partial charge in [0, 0.05) is 68.0 Å². The van der Waals surface area contributed by atoms with Crippen LogP contribution in [0, 0.1) is 11.3 Å². The lowest BCUT2D eigenvalue weighted by molar-refractivity contribution is 0.463. The third-order valence-corrected chi connectivity index (χ3v) is 6.74. The van der Waals surface area contributed by atoms with Crippen molar-refractivity contribution >= 4 is 11.3 Å². The highest BCUT2D eigenvalue weighted by Gasteiger charge is 2.32. The molecule has 164 valence electrons. The van der Waals surface area contributed by atoms with E-state index >= 15 is 0 Å². The van der Waals surface area contributed by atoms with Crippen molar-refractivity contribution in [2.24, 2.45) is 7.05 Å². The summed E-state index contributed by atoms with van der Waals surface area (Å²) in [4.78, 5) is 19.1. The summed E-state index contributed by atoms with van der Waals surface area (Å²) >= 11 is 0. The lowest BCUT2D eigenvalue weighted by Gasteiger charge is -2.33. The first kappa shape index (κ1) is 19.7. The van der Waals surface area contributed by atoms with Gasteiger partial charge in [-0.05, 0) is 42.7 Å². The molecule has 8 nitrogen and oxygen atoms in total. The second kappa shape index (κ2) is 7.57. The van der Waals surface area contributed by atoms with Crippen LogP contribution in [-0.2, 0) is 7.05 Å². The average Bonchev–Trinajstić information content (AvgIpc) is 3.38. The predicted molar refractivity (Wildman–Crippen MR) is 126 cm³/mol. The Morgan fingerprint density at radius 2 is 1.85 bits per heavy atom. The van der Waals surface area contributed by atoms with E-state index in [1.807, 2.05) is 42.7 Å². The molecule has 8 heteroatoms. The van der Waals surface area contributed by atoms with Gasteiger partial charge < -0.3 is 14.8 Å². The second-order valence-corrected chi connectivity index (χ2v) is 8.90. The molecule has 33 heavy (non-hydrogen) atoms. The van der Waals surface area contributed by atoms with Gasteiger partial charge in [-0.15, -0.1) is 0 Å². The smallest absolute Gasteiger partial charge is 0.250 e. The molecule has 0 aromatic carbocycles. The Bertz CT molecular complexity index is 1450. The number of anilines is 1. The van der Waals surface area contributed by atoms with Crippen LogP contribution in [0.4, 0.5) is 5.82 Å².